The van der Waals surface area contributed by atoms with E-state index in [2.05, 4.69) is 9.88 Å². The van der Waals surface area contributed by atoms with Crippen LogP contribution in [0.1, 0.15) is 19.5 Å². The van der Waals surface area contributed by atoms with Crippen LogP contribution >= 0.6 is 0 Å². The van der Waals surface area contributed by atoms with Crippen LogP contribution in [0.5, 0.6) is 0 Å². The molecular formula is C18H25N5O. The van der Waals surface area contributed by atoms with Gasteiger partial charge in [-0.15, -0.1) is 0 Å². The largest absolute Gasteiger partial charge is 0.352 e. The third-order valence-electron chi connectivity index (χ3n) is 4.60. The zero-order valence-corrected chi connectivity index (χ0v) is 14.7. The molecule has 0 unspecified atom stereocenters. The molecule has 2 amide bonds. The molecule has 0 bridgehead atoms. The molecule has 1 fully saturated rings. The number of para-hydroxylation sites is 2. The molecule has 0 spiro atoms. The van der Waals surface area contributed by atoms with Gasteiger partial charge in [0.05, 0.1) is 16.7 Å². The van der Waals surface area contributed by atoms with Crippen LogP contribution in [0.3, 0.4) is 0 Å². The molecule has 6 heteroatoms. The van der Waals surface area contributed by atoms with Crippen molar-refractivity contribution in [2.45, 2.75) is 20.8 Å². The van der Waals surface area contributed by atoms with Gasteiger partial charge in [-0.05, 0) is 32.9 Å². The summed E-state index contributed by atoms with van der Waals surface area (Å²) in [5.41, 5.74) is 2.78. The van der Waals surface area contributed by atoms with Crippen molar-refractivity contribution in [3.05, 3.63) is 30.0 Å². The first-order valence-corrected chi connectivity index (χ1v) is 8.66. The Morgan fingerprint density at radius 2 is 1.62 bits per heavy atom. The minimum absolute atomic E-state index is 0.140. The lowest BCUT2D eigenvalue weighted by Crippen LogP contribution is -2.53. The number of aryl methyl sites for hydroxylation is 1. The Bertz CT molecular complexity index is 720. The zero-order chi connectivity index (χ0) is 17.1. The minimum Gasteiger partial charge on any atom is -0.352 e. The molecule has 6 nitrogen and oxygen atoms in total. The maximum absolute atomic E-state index is 12.5. The summed E-state index contributed by atoms with van der Waals surface area (Å²) in [5, 5.41) is 0. The van der Waals surface area contributed by atoms with Crippen molar-refractivity contribution >= 4 is 22.9 Å². The topological polar surface area (TPSA) is 52.6 Å². The van der Waals surface area contributed by atoms with Gasteiger partial charge in [-0.1, -0.05) is 12.1 Å². The van der Waals surface area contributed by atoms with E-state index < -0.39 is 0 Å². The highest BCUT2D eigenvalue weighted by Crippen LogP contribution is 2.21. The maximum Gasteiger partial charge on any atom is 0.320 e. The lowest BCUT2D eigenvalue weighted by atomic mass is 10.2. The number of carbonyl (C=O) groups is 1. The molecule has 0 atom stereocenters. The lowest BCUT2D eigenvalue weighted by Gasteiger charge is -2.38. The summed E-state index contributed by atoms with van der Waals surface area (Å²) in [6.45, 7) is 10.6. The average molecular weight is 327 g/mol. The van der Waals surface area contributed by atoms with E-state index >= 15 is 0 Å². The molecule has 2 heterocycles. The van der Waals surface area contributed by atoms with E-state index in [0.717, 1.165) is 61.8 Å². The van der Waals surface area contributed by atoms with Gasteiger partial charge in [0.2, 0.25) is 0 Å². The highest BCUT2D eigenvalue weighted by molar-refractivity contribution is 5.77. The third kappa shape index (κ3) is 3.13. The summed E-state index contributed by atoms with van der Waals surface area (Å²) in [5.74, 6) is 0.934. The average Bonchev–Trinajstić information content (AvgIpc) is 2.62. The normalized spacial score (nSPS) is 15.0. The van der Waals surface area contributed by atoms with E-state index in [0.29, 0.717) is 0 Å². The van der Waals surface area contributed by atoms with Gasteiger partial charge < -0.3 is 14.7 Å². The number of nitrogens with zero attached hydrogens (tertiary/aromatic N) is 5. The molecule has 1 aliphatic heterocycles. The molecule has 24 heavy (non-hydrogen) atoms. The van der Waals surface area contributed by atoms with Crippen molar-refractivity contribution in [1.82, 2.24) is 19.8 Å². The number of anilines is 1. The Morgan fingerprint density at radius 1 is 1.04 bits per heavy atom. The number of piperazine rings is 1. The number of amides is 2. The fraction of sp³-hybridized carbons (Fsp3) is 0.500. The molecular weight excluding hydrogens is 302 g/mol. The molecule has 0 radical (unpaired) electrons. The monoisotopic (exact) mass is 327 g/mol. The standard InChI is InChI=1S/C18H25N5O/c1-4-21(5-2)18(24)23-12-10-22(11-13-23)17-14(3)19-15-8-6-7-9-16(15)20-17/h6-9H,4-5,10-13H2,1-3H3. The van der Waals surface area contributed by atoms with Crippen LogP contribution in [0.25, 0.3) is 11.0 Å². The molecule has 0 aliphatic carbocycles. The first-order valence-electron chi connectivity index (χ1n) is 8.66. The molecule has 0 saturated carbocycles. The van der Waals surface area contributed by atoms with Crippen LogP contribution in [0, 0.1) is 6.92 Å². The van der Waals surface area contributed by atoms with E-state index in [1.807, 2.05) is 54.8 Å². The number of aromatic nitrogens is 2. The summed E-state index contributed by atoms with van der Waals surface area (Å²) in [7, 11) is 0. The van der Waals surface area contributed by atoms with Gasteiger partial charge in [0.15, 0.2) is 5.82 Å². The second-order valence-electron chi connectivity index (χ2n) is 6.05. The predicted octanol–water partition coefficient (Wildman–Crippen LogP) is 2.52. The minimum atomic E-state index is 0.140. The lowest BCUT2D eigenvalue weighted by molar-refractivity contribution is 0.154. The van der Waals surface area contributed by atoms with Crippen LogP contribution in [0.4, 0.5) is 10.6 Å². The molecule has 1 aromatic heterocycles. The molecule has 128 valence electrons. The Balaban J connectivity index is 1.73. The Morgan fingerprint density at radius 3 is 2.21 bits per heavy atom. The summed E-state index contributed by atoms with van der Waals surface area (Å²) in [6.07, 6.45) is 0. The van der Waals surface area contributed by atoms with Crippen LogP contribution in [-0.4, -0.2) is 65.1 Å². The van der Waals surface area contributed by atoms with Crippen molar-refractivity contribution in [2.24, 2.45) is 0 Å². The van der Waals surface area contributed by atoms with E-state index in [4.69, 9.17) is 4.98 Å². The van der Waals surface area contributed by atoms with Crippen LogP contribution < -0.4 is 4.90 Å². The third-order valence-corrected chi connectivity index (χ3v) is 4.60. The Kier molecular flexibility index (Phi) is 4.83. The fourth-order valence-electron chi connectivity index (χ4n) is 3.18. The van der Waals surface area contributed by atoms with Gasteiger partial charge in [0.25, 0.3) is 0 Å². The zero-order valence-electron chi connectivity index (χ0n) is 14.7. The number of hydrogen-bond donors (Lipinski definition) is 0. The summed E-state index contributed by atoms with van der Waals surface area (Å²) in [6, 6.07) is 8.08. The molecule has 0 N–H and O–H groups in total. The van der Waals surface area contributed by atoms with E-state index in [1.165, 1.54) is 0 Å². The van der Waals surface area contributed by atoms with E-state index in [-0.39, 0.29) is 6.03 Å². The van der Waals surface area contributed by atoms with E-state index in [1.54, 1.807) is 0 Å². The highest BCUT2D eigenvalue weighted by atomic mass is 16.2. The highest BCUT2D eigenvalue weighted by Gasteiger charge is 2.25. The van der Waals surface area contributed by atoms with Crippen molar-refractivity contribution in [3.8, 4) is 0 Å². The van der Waals surface area contributed by atoms with Crippen LogP contribution in [0.2, 0.25) is 0 Å². The number of urea groups is 1. The van der Waals surface area contributed by atoms with Crippen LogP contribution in [-0.2, 0) is 0 Å². The van der Waals surface area contributed by atoms with Gasteiger partial charge in [-0.25, -0.2) is 14.8 Å². The predicted molar refractivity (Wildman–Crippen MR) is 96.4 cm³/mol. The molecule has 3 rings (SSSR count). The molecule has 1 aromatic carbocycles. The second-order valence-corrected chi connectivity index (χ2v) is 6.05. The Labute approximate surface area is 143 Å². The van der Waals surface area contributed by atoms with Gasteiger partial charge in [-0.2, -0.15) is 0 Å². The molecule has 2 aromatic rings. The first-order chi connectivity index (χ1) is 11.6. The van der Waals surface area contributed by atoms with E-state index in [9.17, 15) is 4.79 Å². The number of fused-ring (bicyclic) bond motifs is 1. The van der Waals surface area contributed by atoms with Crippen molar-refractivity contribution in [3.63, 3.8) is 0 Å². The van der Waals surface area contributed by atoms with Gasteiger partial charge >= 0.3 is 6.03 Å². The number of benzene rings is 1. The summed E-state index contributed by atoms with van der Waals surface area (Å²) < 4.78 is 0. The molecule has 1 saturated heterocycles. The number of hydrogen-bond acceptors (Lipinski definition) is 4. The van der Waals surface area contributed by atoms with Gasteiger partial charge in [0.1, 0.15) is 0 Å². The van der Waals surface area contributed by atoms with Gasteiger partial charge in [0, 0.05) is 39.3 Å². The van der Waals surface area contributed by atoms with Gasteiger partial charge in [-0.3, -0.25) is 0 Å². The fourth-order valence-corrected chi connectivity index (χ4v) is 3.18. The second kappa shape index (κ2) is 7.03. The Hall–Kier alpha value is -2.37. The first kappa shape index (κ1) is 16.5. The SMILES string of the molecule is CCN(CC)C(=O)N1CCN(c2nc3ccccc3nc2C)CC1. The maximum atomic E-state index is 12.5. The van der Waals surface area contributed by atoms with Crippen LogP contribution in [0.15, 0.2) is 24.3 Å². The number of carbonyl (C=O) groups excluding carboxylic acids is 1. The van der Waals surface area contributed by atoms with Crippen molar-refractivity contribution in [2.75, 3.05) is 44.2 Å². The van der Waals surface area contributed by atoms with Crippen molar-refractivity contribution < 1.29 is 4.79 Å². The summed E-state index contributed by atoms with van der Waals surface area (Å²) in [4.78, 5) is 27.9. The number of rotatable bonds is 3. The quantitative estimate of drug-likeness (QED) is 0.869. The molecule has 1 aliphatic rings. The smallest absolute Gasteiger partial charge is 0.320 e. The van der Waals surface area contributed by atoms with Crippen molar-refractivity contribution in [1.29, 1.82) is 0 Å². The summed E-state index contributed by atoms with van der Waals surface area (Å²) >= 11 is 0.